The Morgan fingerprint density at radius 2 is 2.13 bits per heavy atom. The number of benzene rings is 1. The molecule has 0 radical (unpaired) electrons. The van der Waals surface area contributed by atoms with Crippen molar-refractivity contribution in [2.24, 2.45) is 5.73 Å². The third-order valence-electron chi connectivity index (χ3n) is 4.67. The van der Waals surface area contributed by atoms with E-state index in [4.69, 9.17) is 5.73 Å². The molecule has 0 bridgehead atoms. The van der Waals surface area contributed by atoms with Crippen molar-refractivity contribution in [3.05, 3.63) is 48.2 Å². The fourth-order valence-electron chi connectivity index (χ4n) is 3.60. The summed E-state index contributed by atoms with van der Waals surface area (Å²) in [6, 6.07) is 5.95. The molecule has 0 spiro atoms. The molecule has 1 saturated carbocycles. The van der Waals surface area contributed by atoms with Crippen molar-refractivity contribution in [2.45, 2.75) is 37.6 Å². The number of fused-ring (bicyclic) bond motifs is 1. The van der Waals surface area contributed by atoms with Gasteiger partial charge in [0.05, 0.1) is 11.1 Å². The molecule has 0 aliphatic heterocycles. The zero-order valence-corrected chi connectivity index (χ0v) is 13.0. The molecule has 1 aromatic carbocycles. The Kier molecular flexibility index (Phi) is 4.19. The second-order valence-electron chi connectivity index (χ2n) is 6.11. The fourth-order valence-corrected chi connectivity index (χ4v) is 3.60. The number of hydrogen-bond acceptors (Lipinski definition) is 2. The van der Waals surface area contributed by atoms with E-state index < -0.39 is 5.91 Å². The lowest BCUT2D eigenvalue weighted by molar-refractivity contribution is -0.117. The van der Waals surface area contributed by atoms with Crippen LogP contribution in [-0.4, -0.2) is 22.8 Å². The first-order valence-electron chi connectivity index (χ1n) is 7.93. The zero-order valence-electron chi connectivity index (χ0n) is 13.0. The van der Waals surface area contributed by atoms with Gasteiger partial charge in [-0.15, -0.1) is 0 Å². The number of carbonyl (C=O) groups is 2. The number of H-pyrrole nitrogens is 1. The number of rotatable bonds is 4. The molecule has 23 heavy (non-hydrogen) atoms. The van der Waals surface area contributed by atoms with Crippen LogP contribution >= 0.6 is 0 Å². The van der Waals surface area contributed by atoms with E-state index in [1.807, 2.05) is 18.3 Å². The van der Waals surface area contributed by atoms with Gasteiger partial charge in [-0.2, -0.15) is 0 Å². The van der Waals surface area contributed by atoms with Crippen LogP contribution in [0.25, 0.3) is 10.9 Å². The maximum absolute atomic E-state index is 11.6. The first-order chi connectivity index (χ1) is 11.1. The van der Waals surface area contributed by atoms with Gasteiger partial charge in [0.1, 0.15) is 0 Å². The lowest BCUT2D eigenvalue weighted by Crippen LogP contribution is -2.37. The lowest BCUT2D eigenvalue weighted by Gasteiger charge is -2.30. The summed E-state index contributed by atoms with van der Waals surface area (Å²) in [5.41, 5.74) is 7.97. The first-order valence-corrected chi connectivity index (χ1v) is 7.93. The van der Waals surface area contributed by atoms with E-state index in [9.17, 15) is 9.59 Å². The molecule has 2 amide bonds. The summed E-state index contributed by atoms with van der Waals surface area (Å²) in [7, 11) is 0. The minimum atomic E-state index is -0.427. The van der Waals surface area contributed by atoms with E-state index in [0.29, 0.717) is 11.5 Å². The number of carbonyl (C=O) groups excluding carboxylic acids is 2. The number of hydrogen-bond donors (Lipinski definition) is 3. The highest BCUT2D eigenvalue weighted by molar-refractivity contribution is 6.05. The van der Waals surface area contributed by atoms with Crippen LogP contribution in [0.3, 0.4) is 0 Å². The van der Waals surface area contributed by atoms with Gasteiger partial charge in [-0.25, -0.2) is 0 Å². The monoisotopic (exact) mass is 311 g/mol. The Labute approximate surface area is 134 Å². The van der Waals surface area contributed by atoms with E-state index in [1.54, 1.807) is 6.07 Å². The van der Waals surface area contributed by atoms with E-state index in [-0.39, 0.29) is 11.9 Å². The summed E-state index contributed by atoms with van der Waals surface area (Å²) >= 11 is 0. The second-order valence-corrected chi connectivity index (χ2v) is 6.11. The molecular weight excluding hydrogens is 290 g/mol. The Morgan fingerprint density at radius 1 is 1.30 bits per heavy atom. The summed E-state index contributed by atoms with van der Waals surface area (Å²) in [5.74, 6) is -0.186. The molecule has 4 N–H and O–H groups in total. The van der Waals surface area contributed by atoms with E-state index in [2.05, 4.69) is 16.9 Å². The second kappa shape index (κ2) is 6.28. The molecule has 1 aliphatic carbocycles. The van der Waals surface area contributed by atoms with E-state index >= 15 is 0 Å². The topological polar surface area (TPSA) is 88.0 Å². The summed E-state index contributed by atoms with van der Waals surface area (Å²) in [6.45, 7) is 3.50. The smallest absolute Gasteiger partial charge is 0.250 e. The molecule has 3 rings (SSSR count). The van der Waals surface area contributed by atoms with Crippen LogP contribution in [0.5, 0.6) is 0 Å². The molecule has 0 saturated heterocycles. The van der Waals surface area contributed by atoms with Crippen molar-refractivity contribution in [3.63, 3.8) is 0 Å². The largest absolute Gasteiger partial charge is 0.366 e. The van der Waals surface area contributed by atoms with Crippen molar-refractivity contribution in [3.8, 4) is 0 Å². The molecule has 5 nitrogen and oxygen atoms in total. The number of nitrogens with two attached hydrogens (primary N) is 1. The normalized spacial score (nSPS) is 21.0. The van der Waals surface area contributed by atoms with Crippen molar-refractivity contribution in [1.82, 2.24) is 10.3 Å². The van der Waals surface area contributed by atoms with E-state index in [1.165, 1.54) is 11.6 Å². The molecule has 1 aliphatic rings. The number of aromatic amines is 1. The molecule has 1 fully saturated rings. The van der Waals surface area contributed by atoms with Crippen LogP contribution in [0, 0.1) is 0 Å². The highest BCUT2D eigenvalue weighted by Crippen LogP contribution is 2.37. The van der Waals surface area contributed by atoms with Gasteiger partial charge in [-0.1, -0.05) is 19.1 Å². The standard InChI is InChI=1S/C18H21N3O2/c1-2-16(22)21-12-5-3-4-11(10-12)13-6-7-15(18(19)23)17-14(13)8-9-20-17/h2,6-9,11-12,20H,1,3-5,10H2,(H2,19,23)(H,21,22)/t11-,12-/m0/s1. The Hall–Kier alpha value is -2.56. The van der Waals surface area contributed by atoms with Crippen molar-refractivity contribution >= 4 is 22.7 Å². The highest BCUT2D eigenvalue weighted by atomic mass is 16.1. The van der Waals surface area contributed by atoms with Gasteiger partial charge < -0.3 is 16.0 Å². The predicted molar refractivity (Wildman–Crippen MR) is 90.2 cm³/mol. The number of amides is 2. The number of nitrogens with one attached hydrogen (secondary N) is 2. The third kappa shape index (κ3) is 2.99. The van der Waals surface area contributed by atoms with Crippen molar-refractivity contribution in [2.75, 3.05) is 0 Å². The van der Waals surface area contributed by atoms with Gasteiger partial charge in [0.25, 0.3) is 5.91 Å². The average molecular weight is 311 g/mol. The predicted octanol–water partition coefficient (Wildman–Crippen LogP) is 2.60. The van der Waals surface area contributed by atoms with Crippen molar-refractivity contribution in [1.29, 1.82) is 0 Å². The van der Waals surface area contributed by atoms with Crippen molar-refractivity contribution < 1.29 is 9.59 Å². The molecule has 2 atom stereocenters. The minimum Gasteiger partial charge on any atom is -0.366 e. The maximum Gasteiger partial charge on any atom is 0.250 e. The zero-order chi connectivity index (χ0) is 16.4. The molecule has 2 aromatic rings. The number of aromatic nitrogens is 1. The van der Waals surface area contributed by atoms with Gasteiger partial charge in [0.15, 0.2) is 0 Å². The first kappa shape index (κ1) is 15.3. The van der Waals surface area contributed by atoms with Gasteiger partial charge in [0.2, 0.25) is 5.91 Å². The summed E-state index contributed by atoms with van der Waals surface area (Å²) < 4.78 is 0. The average Bonchev–Trinajstić information content (AvgIpc) is 3.03. The maximum atomic E-state index is 11.6. The van der Waals surface area contributed by atoms with Crippen LogP contribution < -0.4 is 11.1 Å². The Balaban J connectivity index is 1.89. The summed E-state index contributed by atoms with van der Waals surface area (Å²) in [5, 5.41) is 4.04. The van der Waals surface area contributed by atoms with Gasteiger partial charge in [0, 0.05) is 17.6 Å². The minimum absolute atomic E-state index is 0.119. The molecule has 5 heteroatoms. The fraction of sp³-hybridized carbons (Fsp3) is 0.333. The van der Waals surface area contributed by atoms with Gasteiger partial charge >= 0.3 is 0 Å². The summed E-state index contributed by atoms with van der Waals surface area (Å²) in [6.07, 6.45) is 7.18. The van der Waals surface area contributed by atoms with Crippen LogP contribution in [0.2, 0.25) is 0 Å². The SMILES string of the molecule is C=CC(=O)N[C@H]1CCC[C@H](c2ccc(C(N)=O)c3[nH]ccc23)C1. The summed E-state index contributed by atoms with van der Waals surface area (Å²) in [4.78, 5) is 26.2. The number of primary amides is 1. The Morgan fingerprint density at radius 3 is 2.87 bits per heavy atom. The molecule has 1 aromatic heterocycles. The van der Waals surface area contributed by atoms with E-state index in [0.717, 1.165) is 36.6 Å². The molecular formula is C18H21N3O2. The highest BCUT2D eigenvalue weighted by Gasteiger charge is 2.26. The third-order valence-corrected chi connectivity index (χ3v) is 4.67. The molecule has 0 unspecified atom stereocenters. The van der Waals surface area contributed by atoms with Crippen LogP contribution in [0.1, 0.15) is 47.5 Å². The lowest BCUT2D eigenvalue weighted by atomic mass is 9.80. The van der Waals surface area contributed by atoms with Crippen LogP contribution in [0.4, 0.5) is 0 Å². The van der Waals surface area contributed by atoms with Crippen LogP contribution in [-0.2, 0) is 4.79 Å². The van der Waals surface area contributed by atoms with Gasteiger partial charge in [-0.05, 0) is 49.0 Å². The molecule has 120 valence electrons. The quantitative estimate of drug-likeness (QED) is 0.758. The van der Waals surface area contributed by atoms with Crippen LogP contribution in [0.15, 0.2) is 37.1 Å². The van der Waals surface area contributed by atoms with Gasteiger partial charge in [-0.3, -0.25) is 9.59 Å². The molecule has 1 heterocycles. The Bertz CT molecular complexity index is 763.